The molecule has 0 nitrogen and oxygen atoms in total. The summed E-state index contributed by atoms with van der Waals surface area (Å²) in [6, 6.07) is 0. The van der Waals surface area contributed by atoms with Gasteiger partial charge in [-0.05, 0) is 57.3 Å². The Kier molecular flexibility index (Phi) is 15.2. The fourth-order valence-corrected chi connectivity index (χ4v) is 2.03. The van der Waals surface area contributed by atoms with Crippen LogP contribution in [0.2, 0.25) is 0 Å². The molecule has 0 bridgehead atoms. The maximum atomic E-state index is 2.31. The second-order valence-electron chi connectivity index (χ2n) is 7.20. The topological polar surface area (TPSA) is 0 Å². The van der Waals surface area contributed by atoms with E-state index in [9.17, 15) is 0 Å². The van der Waals surface area contributed by atoms with E-state index in [1.807, 2.05) is 0 Å². The van der Waals surface area contributed by atoms with Gasteiger partial charge in [0, 0.05) is 0 Å². The van der Waals surface area contributed by atoms with Crippen LogP contribution in [0.4, 0.5) is 0 Å². The molecule has 0 unspecified atom stereocenters. The quantitative estimate of drug-likeness (QED) is 0.318. The summed E-state index contributed by atoms with van der Waals surface area (Å²) < 4.78 is 0. The average molecular weight is 327 g/mol. The summed E-state index contributed by atoms with van der Waals surface area (Å²) >= 11 is 0. The van der Waals surface area contributed by atoms with Crippen molar-refractivity contribution in [2.75, 3.05) is 0 Å². The minimum Gasteiger partial charge on any atom is -0.0914 e. The first-order valence-corrected chi connectivity index (χ1v) is 9.42. The van der Waals surface area contributed by atoms with Crippen molar-refractivity contribution < 1.29 is 0 Å². The van der Waals surface area contributed by atoms with E-state index < -0.39 is 0 Å². The molecule has 0 aliphatic heterocycles. The third kappa shape index (κ3) is 20.4. The highest BCUT2D eigenvalue weighted by Gasteiger charge is 2.07. The van der Waals surface area contributed by atoms with E-state index in [0.717, 1.165) is 32.1 Å². The van der Waals surface area contributed by atoms with E-state index in [-0.39, 0.29) is 0 Å². The fourth-order valence-electron chi connectivity index (χ4n) is 2.03. The lowest BCUT2D eigenvalue weighted by molar-refractivity contribution is 0.381. The largest absolute Gasteiger partial charge is 0.0914 e. The van der Waals surface area contributed by atoms with Gasteiger partial charge in [0.2, 0.25) is 0 Å². The first-order valence-electron chi connectivity index (χ1n) is 9.42. The van der Waals surface area contributed by atoms with Gasteiger partial charge in [-0.15, -0.1) is 0 Å². The smallest absolute Gasteiger partial charge is 0.0169 e. The molecule has 24 heavy (non-hydrogen) atoms. The van der Waals surface area contributed by atoms with Crippen molar-refractivity contribution in [1.29, 1.82) is 0 Å². The molecule has 0 aromatic heterocycles. The lowest BCUT2D eigenvalue weighted by Crippen LogP contribution is -2.02. The third-order valence-corrected chi connectivity index (χ3v) is 3.49. The standard InChI is InChI=1S/C24H38/c1-5-6-7-8-9-10-11-12-13-14-15-16-17-18-19-20-21-22-23-24(2,3)4/h5-6,8-9,11-12,14-15,17-18,20-21H,7,10,13,16,19,22-23H2,1-4H3/b6-5-,9-8-,12-11-,15-14-,18-17-,21-20-. The van der Waals surface area contributed by atoms with Gasteiger partial charge in [0.25, 0.3) is 0 Å². The average Bonchev–Trinajstić information content (AvgIpc) is 2.52. The lowest BCUT2D eigenvalue weighted by Gasteiger charge is -2.15. The van der Waals surface area contributed by atoms with Crippen LogP contribution in [0.1, 0.15) is 72.6 Å². The zero-order chi connectivity index (χ0) is 17.9. The Balaban J connectivity index is 3.54. The minimum atomic E-state index is 0.447. The fraction of sp³-hybridized carbons (Fsp3) is 0.500. The Bertz CT molecular complexity index is 433. The molecule has 0 aromatic carbocycles. The Hall–Kier alpha value is -1.56. The van der Waals surface area contributed by atoms with Gasteiger partial charge in [0.05, 0.1) is 0 Å². The van der Waals surface area contributed by atoms with Gasteiger partial charge in [0.15, 0.2) is 0 Å². The van der Waals surface area contributed by atoms with Crippen LogP contribution in [0.5, 0.6) is 0 Å². The zero-order valence-corrected chi connectivity index (χ0v) is 16.4. The van der Waals surface area contributed by atoms with Crippen LogP contribution in [0.15, 0.2) is 72.9 Å². The van der Waals surface area contributed by atoms with Crippen molar-refractivity contribution in [1.82, 2.24) is 0 Å². The highest BCUT2D eigenvalue weighted by atomic mass is 14.1. The van der Waals surface area contributed by atoms with E-state index >= 15 is 0 Å². The first-order chi connectivity index (χ1) is 11.6. The van der Waals surface area contributed by atoms with Crippen LogP contribution >= 0.6 is 0 Å². The van der Waals surface area contributed by atoms with Crippen molar-refractivity contribution >= 4 is 0 Å². The molecule has 0 saturated carbocycles. The molecule has 0 heteroatoms. The molecule has 0 aliphatic rings. The summed E-state index contributed by atoms with van der Waals surface area (Å²) in [5, 5.41) is 0. The summed E-state index contributed by atoms with van der Waals surface area (Å²) in [5.41, 5.74) is 0.447. The number of hydrogen-bond acceptors (Lipinski definition) is 0. The molecule has 0 heterocycles. The van der Waals surface area contributed by atoms with Crippen molar-refractivity contribution in [3.05, 3.63) is 72.9 Å². The molecule has 0 aromatic rings. The molecule has 0 amide bonds. The Morgan fingerprint density at radius 3 is 1.17 bits per heavy atom. The van der Waals surface area contributed by atoms with E-state index in [4.69, 9.17) is 0 Å². The van der Waals surface area contributed by atoms with Gasteiger partial charge < -0.3 is 0 Å². The monoisotopic (exact) mass is 326 g/mol. The van der Waals surface area contributed by atoms with Crippen LogP contribution in [-0.4, -0.2) is 0 Å². The molecule has 0 aliphatic carbocycles. The molecule has 0 fully saturated rings. The Morgan fingerprint density at radius 1 is 0.500 bits per heavy atom. The maximum absolute atomic E-state index is 2.31. The maximum Gasteiger partial charge on any atom is -0.0169 e. The van der Waals surface area contributed by atoms with Crippen LogP contribution < -0.4 is 0 Å². The molecular formula is C24H38. The van der Waals surface area contributed by atoms with Gasteiger partial charge >= 0.3 is 0 Å². The van der Waals surface area contributed by atoms with Gasteiger partial charge in [-0.2, -0.15) is 0 Å². The van der Waals surface area contributed by atoms with E-state index in [0.29, 0.717) is 5.41 Å². The molecule has 0 rings (SSSR count). The highest BCUT2D eigenvalue weighted by Crippen LogP contribution is 2.20. The van der Waals surface area contributed by atoms with E-state index in [1.165, 1.54) is 12.8 Å². The third-order valence-electron chi connectivity index (χ3n) is 3.49. The van der Waals surface area contributed by atoms with Crippen molar-refractivity contribution in [3.63, 3.8) is 0 Å². The van der Waals surface area contributed by atoms with Gasteiger partial charge in [-0.25, -0.2) is 0 Å². The highest BCUT2D eigenvalue weighted by molar-refractivity contribution is 5.01. The van der Waals surface area contributed by atoms with Crippen LogP contribution in [0.3, 0.4) is 0 Å². The second kappa shape index (κ2) is 16.3. The lowest BCUT2D eigenvalue weighted by atomic mass is 9.90. The van der Waals surface area contributed by atoms with E-state index in [2.05, 4.69) is 101 Å². The summed E-state index contributed by atoms with van der Waals surface area (Å²) in [4.78, 5) is 0. The zero-order valence-electron chi connectivity index (χ0n) is 16.4. The molecular weight excluding hydrogens is 288 g/mol. The van der Waals surface area contributed by atoms with Crippen molar-refractivity contribution in [3.8, 4) is 0 Å². The molecule has 0 N–H and O–H groups in total. The molecule has 0 atom stereocenters. The number of rotatable bonds is 12. The summed E-state index contributed by atoms with van der Waals surface area (Å²) in [5.74, 6) is 0. The predicted octanol–water partition coefficient (Wildman–Crippen LogP) is 8.12. The summed E-state index contributed by atoms with van der Waals surface area (Å²) in [6.45, 7) is 8.94. The van der Waals surface area contributed by atoms with Gasteiger partial charge in [-0.1, -0.05) is 93.7 Å². The SMILES string of the molecule is C/C=C\C/C=C\C/C=C\C/C=C\C/C=C\C/C=C\CCC(C)(C)C. The van der Waals surface area contributed by atoms with E-state index in [1.54, 1.807) is 0 Å². The van der Waals surface area contributed by atoms with Gasteiger partial charge in [-0.3, -0.25) is 0 Å². The molecule has 134 valence electrons. The Labute approximate surface area is 151 Å². The first kappa shape index (κ1) is 22.4. The summed E-state index contributed by atoms with van der Waals surface area (Å²) in [6.07, 6.45) is 34.4. The van der Waals surface area contributed by atoms with Crippen molar-refractivity contribution in [2.24, 2.45) is 5.41 Å². The predicted molar refractivity (Wildman–Crippen MR) is 112 cm³/mol. The van der Waals surface area contributed by atoms with Crippen molar-refractivity contribution in [2.45, 2.75) is 72.6 Å². The second-order valence-corrected chi connectivity index (χ2v) is 7.20. The van der Waals surface area contributed by atoms with Gasteiger partial charge in [0.1, 0.15) is 0 Å². The molecule has 0 saturated heterocycles. The number of hydrogen-bond donors (Lipinski definition) is 0. The normalized spacial score (nSPS) is 14.0. The molecule has 0 radical (unpaired) electrons. The number of allylic oxidation sites excluding steroid dienone is 12. The molecule has 0 spiro atoms. The van der Waals surface area contributed by atoms with Crippen LogP contribution in [-0.2, 0) is 0 Å². The minimum absolute atomic E-state index is 0.447. The summed E-state index contributed by atoms with van der Waals surface area (Å²) in [7, 11) is 0. The van der Waals surface area contributed by atoms with Crippen LogP contribution in [0.25, 0.3) is 0 Å². The Morgan fingerprint density at radius 2 is 0.833 bits per heavy atom. The van der Waals surface area contributed by atoms with Crippen LogP contribution in [0, 0.1) is 5.41 Å².